The van der Waals surface area contributed by atoms with Crippen molar-refractivity contribution in [1.29, 1.82) is 0 Å². The summed E-state index contributed by atoms with van der Waals surface area (Å²) in [5.74, 6) is 0. The maximum atomic E-state index is 5.47. The number of nitrogens with zero attached hydrogens (tertiary/aromatic N) is 1. The SMILES string of the molecule is CC(C)(C)c1ccc2nc(N)oc2c1. The lowest BCUT2D eigenvalue weighted by Gasteiger charge is -2.18. The molecule has 1 aromatic carbocycles. The predicted octanol–water partition coefficient (Wildman–Crippen LogP) is 2.71. The average molecular weight is 190 g/mol. The maximum absolute atomic E-state index is 5.47. The summed E-state index contributed by atoms with van der Waals surface area (Å²) in [7, 11) is 0. The normalized spacial score (nSPS) is 12.2. The van der Waals surface area contributed by atoms with Crippen molar-refractivity contribution in [2.24, 2.45) is 0 Å². The summed E-state index contributed by atoms with van der Waals surface area (Å²) in [6, 6.07) is 6.23. The Balaban J connectivity index is 2.62. The number of nitrogen functional groups attached to an aromatic ring is 1. The summed E-state index contributed by atoms with van der Waals surface area (Å²) >= 11 is 0. The van der Waals surface area contributed by atoms with Crippen LogP contribution in [0.1, 0.15) is 26.3 Å². The quantitative estimate of drug-likeness (QED) is 0.694. The molecule has 0 fully saturated rings. The average Bonchev–Trinajstić information content (AvgIpc) is 2.41. The van der Waals surface area contributed by atoms with Crippen molar-refractivity contribution in [3.63, 3.8) is 0 Å². The summed E-state index contributed by atoms with van der Waals surface area (Å²) in [6.07, 6.45) is 0. The highest BCUT2D eigenvalue weighted by atomic mass is 16.4. The minimum Gasteiger partial charge on any atom is -0.424 e. The number of nitrogens with two attached hydrogens (primary N) is 1. The van der Waals surface area contributed by atoms with Crippen LogP contribution in [-0.2, 0) is 5.41 Å². The summed E-state index contributed by atoms with van der Waals surface area (Å²) in [5, 5.41) is 0. The van der Waals surface area contributed by atoms with E-state index in [1.165, 1.54) is 5.56 Å². The highest BCUT2D eigenvalue weighted by molar-refractivity contribution is 5.75. The molecule has 0 aliphatic rings. The van der Waals surface area contributed by atoms with Crippen LogP contribution in [0.4, 0.5) is 6.01 Å². The lowest BCUT2D eigenvalue weighted by atomic mass is 9.87. The molecule has 3 nitrogen and oxygen atoms in total. The van der Waals surface area contributed by atoms with Crippen LogP contribution in [0.25, 0.3) is 11.1 Å². The predicted molar refractivity (Wildman–Crippen MR) is 57.1 cm³/mol. The number of aromatic nitrogens is 1. The van der Waals surface area contributed by atoms with Gasteiger partial charge in [-0.2, -0.15) is 4.98 Å². The van der Waals surface area contributed by atoms with Crippen LogP contribution >= 0.6 is 0 Å². The second-order valence-corrected chi connectivity index (χ2v) is 4.48. The summed E-state index contributed by atoms with van der Waals surface area (Å²) in [5.41, 5.74) is 8.39. The first-order valence-corrected chi connectivity index (χ1v) is 4.63. The van der Waals surface area contributed by atoms with Crippen molar-refractivity contribution in [1.82, 2.24) is 4.98 Å². The Morgan fingerprint density at radius 1 is 1.29 bits per heavy atom. The molecule has 14 heavy (non-hydrogen) atoms. The maximum Gasteiger partial charge on any atom is 0.292 e. The molecule has 0 radical (unpaired) electrons. The molecule has 3 heteroatoms. The van der Waals surface area contributed by atoms with Crippen LogP contribution in [0, 0.1) is 0 Å². The molecule has 0 saturated heterocycles. The molecule has 0 saturated carbocycles. The van der Waals surface area contributed by atoms with Gasteiger partial charge in [0, 0.05) is 0 Å². The van der Waals surface area contributed by atoms with Gasteiger partial charge >= 0.3 is 0 Å². The van der Waals surface area contributed by atoms with E-state index in [-0.39, 0.29) is 11.4 Å². The van der Waals surface area contributed by atoms with Crippen LogP contribution in [0.2, 0.25) is 0 Å². The van der Waals surface area contributed by atoms with Crippen molar-refractivity contribution >= 4 is 17.1 Å². The number of benzene rings is 1. The second-order valence-electron chi connectivity index (χ2n) is 4.48. The molecule has 0 aliphatic heterocycles. The van der Waals surface area contributed by atoms with E-state index in [1.807, 2.05) is 12.1 Å². The molecule has 0 aliphatic carbocycles. The van der Waals surface area contributed by atoms with Gasteiger partial charge in [0.2, 0.25) is 0 Å². The van der Waals surface area contributed by atoms with Crippen LogP contribution in [-0.4, -0.2) is 4.98 Å². The number of rotatable bonds is 0. The van der Waals surface area contributed by atoms with E-state index in [9.17, 15) is 0 Å². The van der Waals surface area contributed by atoms with Gasteiger partial charge in [-0.3, -0.25) is 0 Å². The molecule has 0 amide bonds. The Morgan fingerprint density at radius 2 is 2.00 bits per heavy atom. The van der Waals surface area contributed by atoms with Crippen molar-refractivity contribution in [3.05, 3.63) is 23.8 Å². The zero-order chi connectivity index (χ0) is 10.3. The molecule has 74 valence electrons. The van der Waals surface area contributed by atoms with Crippen molar-refractivity contribution in [2.45, 2.75) is 26.2 Å². The Labute approximate surface area is 82.9 Å². The highest BCUT2D eigenvalue weighted by Crippen LogP contribution is 2.26. The van der Waals surface area contributed by atoms with Crippen molar-refractivity contribution in [2.75, 3.05) is 5.73 Å². The Kier molecular flexibility index (Phi) is 1.77. The van der Waals surface area contributed by atoms with E-state index in [1.54, 1.807) is 0 Å². The first kappa shape index (κ1) is 9.06. The molecule has 1 heterocycles. The van der Waals surface area contributed by atoms with Crippen LogP contribution in [0.5, 0.6) is 0 Å². The van der Waals surface area contributed by atoms with Gasteiger partial charge in [-0.1, -0.05) is 26.8 Å². The third-order valence-electron chi connectivity index (χ3n) is 2.27. The van der Waals surface area contributed by atoms with Gasteiger partial charge in [-0.15, -0.1) is 0 Å². The number of anilines is 1. The molecule has 0 spiro atoms. The monoisotopic (exact) mass is 190 g/mol. The lowest BCUT2D eigenvalue weighted by Crippen LogP contribution is -2.10. The van der Waals surface area contributed by atoms with E-state index < -0.39 is 0 Å². The third-order valence-corrected chi connectivity index (χ3v) is 2.27. The van der Waals surface area contributed by atoms with Gasteiger partial charge in [-0.05, 0) is 23.1 Å². The van der Waals surface area contributed by atoms with Gasteiger partial charge in [0.05, 0.1) is 0 Å². The summed E-state index contributed by atoms with van der Waals surface area (Å²) in [6.45, 7) is 6.48. The standard InChI is InChI=1S/C11H14N2O/c1-11(2,3)7-4-5-8-9(6-7)14-10(12)13-8/h4-6H,1-3H3,(H2,12,13). The van der Waals surface area contributed by atoms with Gasteiger partial charge in [-0.25, -0.2) is 0 Å². The van der Waals surface area contributed by atoms with Crippen LogP contribution in [0.3, 0.4) is 0 Å². The van der Waals surface area contributed by atoms with E-state index >= 15 is 0 Å². The zero-order valence-electron chi connectivity index (χ0n) is 8.66. The summed E-state index contributed by atoms with van der Waals surface area (Å²) < 4.78 is 5.27. The first-order chi connectivity index (χ1) is 6.47. The largest absolute Gasteiger partial charge is 0.424 e. The van der Waals surface area contributed by atoms with Crippen molar-refractivity contribution in [3.8, 4) is 0 Å². The minimum atomic E-state index is 0.121. The van der Waals surface area contributed by atoms with Gasteiger partial charge in [0.15, 0.2) is 5.58 Å². The molecule has 0 atom stereocenters. The Morgan fingerprint density at radius 3 is 2.64 bits per heavy atom. The topological polar surface area (TPSA) is 52.0 Å². The van der Waals surface area contributed by atoms with Crippen molar-refractivity contribution < 1.29 is 4.42 Å². The molecule has 1 aromatic heterocycles. The fourth-order valence-electron chi connectivity index (χ4n) is 1.41. The Hall–Kier alpha value is -1.51. The molecular formula is C11H14N2O. The number of hydrogen-bond donors (Lipinski definition) is 1. The zero-order valence-corrected chi connectivity index (χ0v) is 8.66. The molecule has 0 unspecified atom stereocenters. The van der Waals surface area contributed by atoms with Crippen LogP contribution in [0.15, 0.2) is 22.6 Å². The Bertz CT molecular complexity index is 466. The van der Waals surface area contributed by atoms with E-state index in [4.69, 9.17) is 10.2 Å². The summed E-state index contributed by atoms with van der Waals surface area (Å²) in [4.78, 5) is 4.05. The first-order valence-electron chi connectivity index (χ1n) is 4.63. The molecule has 2 N–H and O–H groups in total. The third kappa shape index (κ3) is 1.45. The number of fused-ring (bicyclic) bond motifs is 1. The van der Waals surface area contributed by atoms with Gasteiger partial charge in [0.1, 0.15) is 5.52 Å². The fraction of sp³-hybridized carbons (Fsp3) is 0.364. The number of hydrogen-bond acceptors (Lipinski definition) is 3. The van der Waals surface area contributed by atoms with E-state index in [0.29, 0.717) is 0 Å². The van der Waals surface area contributed by atoms with Crippen LogP contribution < -0.4 is 5.73 Å². The molecular weight excluding hydrogens is 176 g/mol. The number of oxazole rings is 1. The molecule has 0 bridgehead atoms. The smallest absolute Gasteiger partial charge is 0.292 e. The fourth-order valence-corrected chi connectivity index (χ4v) is 1.41. The second kappa shape index (κ2) is 2.74. The molecule has 2 rings (SSSR count). The highest BCUT2D eigenvalue weighted by Gasteiger charge is 2.15. The van der Waals surface area contributed by atoms with E-state index in [2.05, 4.69) is 31.8 Å². The van der Waals surface area contributed by atoms with Gasteiger partial charge in [0.25, 0.3) is 6.01 Å². The van der Waals surface area contributed by atoms with E-state index in [0.717, 1.165) is 11.1 Å². The minimum absolute atomic E-state index is 0.121. The lowest BCUT2D eigenvalue weighted by molar-refractivity contribution is 0.585. The molecule has 2 aromatic rings. The van der Waals surface area contributed by atoms with Gasteiger partial charge < -0.3 is 10.2 Å².